The van der Waals surface area contributed by atoms with E-state index in [-0.39, 0.29) is 17.9 Å². The van der Waals surface area contributed by atoms with E-state index in [4.69, 9.17) is 0 Å². The molecule has 26 heavy (non-hydrogen) atoms. The monoisotopic (exact) mass is 351 g/mol. The summed E-state index contributed by atoms with van der Waals surface area (Å²) in [6.07, 6.45) is 9.42. The molecule has 4 aliphatic rings. The fraction of sp³-hybridized carbons (Fsp3) is 0.571. The first-order chi connectivity index (χ1) is 12.6. The van der Waals surface area contributed by atoms with E-state index in [1.54, 1.807) is 10.7 Å². The van der Waals surface area contributed by atoms with Crippen LogP contribution in [0.4, 0.5) is 0 Å². The topological polar surface area (TPSA) is 64.0 Å². The lowest BCUT2D eigenvalue weighted by molar-refractivity contribution is -0.124. The van der Waals surface area contributed by atoms with Crippen molar-refractivity contribution in [3.8, 4) is 0 Å². The van der Waals surface area contributed by atoms with Crippen molar-refractivity contribution in [2.24, 2.45) is 23.2 Å². The van der Waals surface area contributed by atoms with Crippen molar-refractivity contribution in [1.29, 1.82) is 0 Å². The highest BCUT2D eigenvalue weighted by Crippen LogP contribution is 2.59. The van der Waals surface area contributed by atoms with Crippen LogP contribution in [0.15, 0.2) is 35.3 Å². The lowest BCUT2D eigenvalue weighted by Crippen LogP contribution is -2.51. The number of carbonyl (C=O) groups is 1. The number of fused-ring (bicyclic) bond motifs is 1. The molecule has 6 rings (SSSR count). The van der Waals surface area contributed by atoms with E-state index >= 15 is 0 Å². The van der Waals surface area contributed by atoms with Gasteiger partial charge in [0, 0.05) is 11.9 Å². The number of hydrogen-bond donors (Lipinski definition) is 1. The minimum Gasteiger partial charge on any atom is -0.354 e. The molecule has 0 aliphatic heterocycles. The van der Waals surface area contributed by atoms with Gasteiger partial charge in [0.25, 0.3) is 0 Å². The average molecular weight is 351 g/mol. The standard InChI is InChI=1S/C21H25N3O2/c25-19-11-23-24(18-4-2-1-3-17(18)19)12-20(26)22-13-21-8-14-5-15(9-21)7-16(6-14)10-21/h1-4,11,14-16H,5-10,12-13H2,(H,22,26). The smallest absolute Gasteiger partial charge is 0.241 e. The van der Waals surface area contributed by atoms with Gasteiger partial charge < -0.3 is 5.32 Å². The van der Waals surface area contributed by atoms with Crippen LogP contribution in [0.5, 0.6) is 0 Å². The van der Waals surface area contributed by atoms with Crippen LogP contribution in [0.1, 0.15) is 38.5 Å². The molecular weight excluding hydrogens is 326 g/mol. The zero-order valence-electron chi connectivity index (χ0n) is 15.0. The minimum absolute atomic E-state index is 0.0120. The molecule has 1 heterocycles. The molecule has 2 aromatic rings. The predicted octanol–water partition coefficient (Wildman–Crippen LogP) is 2.73. The normalized spacial score (nSPS) is 32.1. The zero-order valence-corrected chi connectivity index (χ0v) is 15.0. The van der Waals surface area contributed by atoms with E-state index < -0.39 is 0 Å². The summed E-state index contributed by atoms with van der Waals surface area (Å²) < 4.78 is 1.63. The highest BCUT2D eigenvalue weighted by atomic mass is 16.2. The predicted molar refractivity (Wildman–Crippen MR) is 99.6 cm³/mol. The molecule has 4 bridgehead atoms. The van der Waals surface area contributed by atoms with Gasteiger partial charge in [-0.2, -0.15) is 5.10 Å². The summed E-state index contributed by atoms with van der Waals surface area (Å²) in [4.78, 5) is 24.5. The lowest BCUT2D eigenvalue weighted by Gasteiger charge is -2.56. The molecule has 4 fully saturated rings. The molecule has 136 valence electrons. The van der Waals surface area contributed by atoms with Crippen molar-refractivity contribution in [1.82, 2.24) is 15.1 Å². The van der Waals surface area contributed by atoms with Crippen LogP contribution in [0.25, 0.3) is 10.9 Å². The number of nitrogens with zero attached hydrogens (tertiary/aromatic N) is 2. The Morgan fingerprint density at radius 1 is 1.12 bits per heavy atom. The number of amides is 1. The third-order valence-electron chi connectivity index (χ3n) is 6.88. The number of para-hydroxylation sites is 1. The van der Waals surface area contributed by atoms with Gasteiger partial charge in [-0.25, -0.2) is 0 Å². The number of carbonyl (C=O) groups excluding carboxylic acids is 1. The maximum absolute atomic E-state index is 12.6. The Bertz CT molecular complexity index is 882. The summed E-state index contributed by atoms with van der Waals surface area (Å²) in [5.74, 6) is 2.66. The molecule has 0 unspecified atom stereocenters. The van der Waals surface area contributed by atoms with Gasteiger partial charge in [-0.1, -0.05) is 12.1 Å². The summed E-state index contributed by atoms with van der Waals surface area (Å²) in [6.45, 7) is 0.959. The Labute approximate surface area is 152 Å². The van der Waals surface area contributed by atoms with Crippen LogP contribution in [0.2, 0.25) is 0 Å². The molecule has 0 spiro atoms. The van der Waals surface area contributed by atoms with Gasteiger partial charge >= 0.3 is 0 Å². The molecule has 0 saturated heterocycles. The molecule has 5 heteroatoms. The van der Waals surface area contributed by atoms with Crippen molar-refractivity contribution in [3.63, 3.8) is 0 Å². The Kier molecular flexibility index (Phi) is 3.66. The van der Waals surface area contributed by atoms with E-state index in [2.05, 4.69) is 10.4 Å². The van der Waals surface area contributed by atoms with E-state index in [0.29, 0.717) is 16.3 Å². The van der Waals surface area contributed by atoms with Crippen LogP contribution in [-0.4, -0.2) is 22.2 Å². The fourth-order valence-corrected chi connectivity index (χ4v) is 6.27. The van der Waals surface area contributed by atoms with Crippen LogP contribution < -0.4 is 10.7 Å². The lowest BCUT2D eigenvalue weighted by atomic mass is 9.49. The Balaban J connectivity index is 1.29. The quantitative estimate of drug-likeness (QED) is 0.921. The number of nitrogens with one attached hydrogen (secondary N) is 1. The van der Waals surface area contributed by atoms with E-state index in [0.717, 1.165) is 24.3 Å². The number of rotatable bonds is 4. The molecule has 1 amide bonds. The summed E-state index contributed by atoms with van der Waals surface area (Å²) in [5.41, 5.74) is 0.944. The second-order valence-electron chi connectivity index (χ2n) is 8.88. The summed E-state index contributed by atoms with van der Waals surface area (Å²) in [6, 6.07) is 7.33. The van der Waals surface area contributed by atoms with Gasteiger partial charge in [0.05, 0.1) is 11.7 Å². The van der Waals surface area contributed by atoms with Gasteiger partial charge in [-0.3, -0.25) is 14.3 Å². The van der Waals surface area contributed by atoms with Gasteiger partial charge in [-0.05, 0) is 73.8 Å². The van der Waals surface area contributed by atoms with Crippen molar-refractivity contribution in [2.75, 3.05) is 6.54 Å². The molecule has 1 aromatic carbocycles. The Morgan fingerprint density at radius 2 is 1.77 bits per heavy atom. The second kappa shape index (κ2) is 5.93. The van der Waals surface area contributed by atoms with Crippen molar-refractivity contribution < 1.29 is 4.79 Å². The first-order valence-corrected chi connectivity index (χ1v) is 9.82. The van der Waals surface area contributed by atoms with Crippen LogP contribution >= 0.6 is 0 Å². The number of benzene rings is 1. The van der Waals surface area contributed by atoms with Crippen LogP contribution in [0.3, 0.4) is 0 Å². The van der Waals surface area contributed by atoms with Gasteiger partial charge in [0.1, 0.15) is 6.54 Å². The summed E-state index contributed by atoms with van der Waals surface area (Å²) >= 11 is 0. The summed E-state index contributed by atoms with van der Waals surface area (Å²) in [5, 5.41) is 7.96. The van der Waals surface area contributed by atoms with Gasteiger partial charge in [0.2, 0.25) is 11.3 Å². The number of aromatic nitrogens is 2. The van der Waals surface area contributed by atoms with Crippen molar-refractivity contribution in [2.45, 2.75) is 45.1 Å². The average Bonchev–Trinajstić information content (AvgIpc) is 2.62. The van der Waals surface area contributed by atoms with E-state index in [1.165, 1.54) is 44.7 Å². The molecule has 1 aromatic heterocycles. The Morgan fingerprint density at radius 3 is 2.46 bits per heavy atom. The minimum atomic E-state index is -0.106. The molecular formula is C21H25N3O2. The molecule has 4 saturated carbocycles. The highest BCUT2D eigenvalue weighted by Gasteiger charge is 2.50. The van der Waals surface area contributed by atoms with Crippen molar-refractivity contribution in [3.05, 3.63) is 40.7 Å². The van der Waals surface area contributed by atoms with E-state index in [9.17, 15) is 9.59 Å². The van der Waals surface area contributed by atoms with Crippen LogP contribution in [0, 0.1) is 23.2 Å². The third kappa shape index (κ3) is 2.74. The molecule has 0 radical (unpaired) electrons. The first kappa shape index (κ1) is 16.0. The SMILES string of the molecule is O=C(Cn1ncc(=O)c2ccccc21)NCC12CC3CC(CC(C3)C1)C2. The third-order valence-corrected chi connectivity index (χ3v) is 6.88. The molecule has 0 atom stereocenters. The largest absolute Gasteiger partial charge is 0.354 e. The molecule has 5 nitrogen and oxygen atoms in total. The molecule has 1 N–H and O–H groups in total. The maximum Gasteiger partial charge on any atom is 0.241 e. The number of hydrogen-bond acceptors (Lipinski definition) is 3. The maximum atomic E-state index is 12.6. The second-order valence-corrected chi connectivity index (χ2v) is 8.88. The fourth-order valence-electron chi connectivity index (χ4n) is 6.27. The first-order valence-electron chi connectivity index (χ1n) is 9.82. The Hall–Kier alpha value is -2.17. The van der Waals surface area contributed by atoms with Gasteiger partial charge in [0.15, 0.2) is 0 Å². The van der Waals surface area contributed by atoms with Gasteiger partial charge in [-0.15, -0.1) is 0 Å². The zero-order chi connectivity index (χ0) is 17.7. The summed E-state index contributed by atoms with van der Waals surface area (Å²) in [7, 11) is 0. The highest BCUT2D eigenvalue weighted by molar-refractivity contribution is 5.81. The molecule has 4 aliphatic carbocycles. The van der Waals surface area contributed by atoms with Crippen molar-refractivity contribution >= 4 is 16.8 Å². The van der Waals surface area contributed by atoms with E-state index in [1.807, 2.05) is 18.2 Å². The van der Waals surface area contributed by atoms with Crippen LogP contribution in [-0.2, 0) is 11.3 Å².